The van der Waals surface area contributed by atoms with Crippen LogP contribution in [0.5, 0.6) is 0 Å². The zero-order valence-corrected chi connectivity index (χ0v) is 13.4. The van der Waals surface area contributed by atoms with E-state index < -0.39 is 0 Å². The molecule has 0 heterocycles. The first kappa shape index (κ1) is 15.6. The Labute approximate surface area is 125 Å². The van der Waals surface area contributed by atoms with Gasteiger partial charge in [0.25, 0.3) is 0 Å². The van der Waals surface area contributed by atoms with Crippen LogP contribution >= 0.6 is 0 Å². The Hall–Kier alpha value is -0.820. The molecule has 0 radical (unpaired) electrons. The van der Waals surface area contributed by atoms with Gasteiger partial charge >= 0.3 is 0 Å². The van der Waals surface area contributed by atoms with Crippen LogP contribution in [0.4, 0.5) is 0 Å². The highest BCUT2D eigenvalue weighted by Gasteiger charge is 2.32. The predicted octanol–water partition coefficient (Wildman–Crippen LogP) is 4.98. The fourth-order valence-electron chi connectivity index (χ4n) is 4.02. The first-order chi connectivity index (χ1) is 9.77. The molecule has 0 spiro atoms. The minimum Gasteiger partial charge on any atom is -0.316 e. The number of benzene rings is 1. The lowest BCUT2D eigenvalue weighted by molar-refractivity contribution is 0.216. The Morgan fingerprint density at radius 1 is 1.10 bits per heavy atom. The first-order valence-corrected chi connectivity index (χ1v) is 8.50. The SMILES string of the molecule is CCC(C)C(c1ccccc1)C(NC)C1CCCCC1. The molecule has 1 aromatic carbocycles. The van der Waals surface area contributed by atoms with Crippen LogP contribution in [0, 0.1) is 11.8 Å². The van der Waals surface area contributed by atoms with Crippen LogP contribution in [-0.2, 0) is 0 Å². The Bertz CT molecular complexity index is 367. The molecule has 0 amide bonds. The maximum atomic E-state index is 3.69. The summed E-state index contributed by atoms with van der Waals surface area (Å²) in [5.74, 6) is 2.24. The van der Waals surface area contributed by atoms with Crippen LogP contribution < -0.4 is 5.32 Å². The van der Waals surface area contributed by atoms with Gasteiger partial charge in [0.15, 0.2) is 0 Å². The van der Waals surface area contributed by atoms with Crippen LogP contribution in [0.3, 0.4) is 0 Å². The van der Waals surface area contributed by atoms with Crippen molar-refractivity contribution in [1.82, 2.24) is 5.32 Å². The summed E-state index contributed by atoms with van der Waals surface area (Å²) in [6.07, 6.45) is 8.35. The van der Waals surface area contributed by atoms with E-state index in [1.54, 1.807) is 0 Å². The normalized spacial score (nSPS) is 21.4. The van der Waals surface area contributed by atoms with Gasteiger partial charge in [0, 0.05) is 12.0 Å². The van der Waals surface area contributed by atoms with Crippen LogP contribution in [0.15, 0.2) is 30.3 Å². The van der Waals surface area contributed by atoms with Crippen molar-refractivity contribution >= 4 is 0 Å². The van der Waals surface area contributed by atoms with E-state index in [2.05, 4.69) is 56.5 Å². The lowest BCUT2D eigenvalue weighted by Crippen LogP contribution is -2.42. The molecule has 0 aliphatic heterocycles. The van der Waals surface area contributed by atoms with Crippen molar-refractivity contribution in [3.8, 4) is 0 Å². The highest BCUT2D eigenvalue weighted by molar-refractivity contribution is 5.22. The molecule has 0 saturated heterocycles. The fraction of sp³-hybridized carbons (Fsp3) is 0.684. The van der Waals surface area contributed by atoms with Gasteiger partial charge in [-0.25, -0.2) is 0 Å². The molecule has 0 bridgehead atoms. The van der Waals surface area contributed by atoms with Gasteiger partial charge in [-0.2, -0.15) is 0 Å². The number of nitrogens with one attached hydrogen (secondary N) is 1. The molecule has 1 aliphatic rings. The van der Waals surface area contributed by atoms with Gasteiger partial charge < -0.3 is 5.32 Å². The third kappa shape index (κ3) is 3.63. The molecule has 1 aliphatic carbocycles. The first-order valence-electron chi connectivity index (χ1n) is 8.50. The smallest absolute Gasteiger partial charge is 0.0164 e. The van der Waals surface area contributed by atoms with E-state index in [0.717, 1.165) is 11.8 Å². The minimum atomic E-state index is 0.632. The summed E-state index contributed by atoms with van der Waals surface area (Å²) in [6, 6.07) is 11.8. The third-order valence-electron chi connectivity index (χ3n) is 5.32. The van der Waals surface area contributed by atoms with Crippen LogP contribution in [-0.4, -0.2) is 13.1 Å². The van der Waals surface area contributed by atoms with Crippen molar-refractivity contribution in [3.05, 3.63) is 35.9 Å². The molecule has 2 rings (SSSR count). The summed E-state index contributed by atoms with van der Waals surface area (Å²) in [6.45, 7) is 4.75. The molecule has 1 saturated carbocycles. The number of hydrogen-bond acceptors (Lipinski definition) is 1. The number of rotatable bonds is 6. The lowest BCUT2D eigenvalue weighted by Gasteiger charge is -2.39. The summed E-state index contributed by atoms with van der Waals surface area (Å²) in [4.78, 5) is 0. The molecule has 1 nitrogen and oxygen atoms in total. The fourth-order valence-corrected chi connectivity index (χ4v) is 4.02. The molecule has 1 N–H and O–H groups in total. The van der Waals surface area contributed by atoms with E-state index in [0.29, 0.717) is 12.0 Å². The second kappa shape index (κ2) is 7.83. The molecule has 3 atom stereocenters. The van der Waals surface area contributed by atoms with Gasteiger partial charge in [-0.3, -0.25) is 0 Å². The standard InChI is InChI=1S/C19H31N/c1-4-15(2)18(16-11-7-5-8-12-16)19(20-3)17-13-9-6-10-14-17/h5,7-8,11-12,15,17-20H,4,6,9-10,13-14H2,1-3H3. The van der Waals surface area contributed by atoms with Crippen molar-refractivity contribution in [2.45, 2.75) is 64.3 Å². The van der Waals surface area contributed by atoms with Crippen molar-refractivity contribution < 1.29 is 0 Å². The molecular weight excluding hydrogens is 242 g/mol. The topological polar surface area (TPSA) is 12.0 Å². The van der Waals surface area contributed by atoms with E-state index in [4.69, 9.17) is 0 Å². The summed E-state index contributed by atoms with van der Waals surface area (Å²) < 4.78 is 0. The quantitative estimate of drug-likeness (QED) is 0.770. The zero-order chi connectivity index (χ0) is 14.4. The van der Waals surface area contributed by atoms with Gasteiger partial charge in [-0.05, 0) is 37.3 Å². The molecule has 1 aromatic rings. The van der Waals surface area contributed by atoms with Crippen LogP contribution in [0.1, 0.15) is 63.9 Å². The van der Waals surface area contributed by atoms with Crippen molar-refractivity contribution in [3.63, 3.8) is 0 Å². The predicted molar refractivity (Wildman–Crippen MR) is 88.1 cm³/mol. The maximum absolute atomic E-state index is 3.69. The molecule has 0 aromatic heterocycles. The number of hydrogen-bond donors (Lipinski definition) is 1. The Kier molecular flexibility index (Phi) is 6.09. The molecule has 1 heteroatoms. The van der Waals surface area contributed by atoms with E-state index in [-0.39, 0.29) is 0 Å². The van der Waals surface area contributed by atoms with Gasteiger partial charge in [0.2, 0.25) is 0 Å². The van der Waals surface area contributed by atoms with Crippen molar-refractivity contribution in [1.29, 1.82) is 0 Å². The van der Waals surface area contributed by atoms with Crippen molar-refractivity contribution in [2.24, 2.45) is 11.8 Å². The Morgan fingerprint density at radius 2 is 1.75 bits per heavy atom. The van der Waals surface area contributed by atoms with Gasteiger partial charge in [0.05, 0.1) is 0 Å². The van der Waals surface area contributed by atoms with E-state index >= 15 is 0 Å². The van der Waals surface area contributed by atoms with Crippen LogP contribution in [0.25, 0.3) is 0 Å². The lowest BCUT2D eigenvalue weighted by atomic mass is 9.71. The largest absolute Gasteiger partial charge is 0.316 e. The second-order valence-corrected chi connectivity index (χ2v) is 6.53. The Balaban J connectivity index is 2.23. The van der Waals surface area contributed by atoms with Gasteiger partial charge in [-0.15, -0.1) is 0 Å². The monoisotopic (exact) mass is 273 g/mol. The molecule has 20 heavy (non-hydrogen) atoms. The zero-order valence-electron chi connectivity index (χ0n) is 13.4. The summed E-state index contributed by atoms with van der Waals surface area (Å²) in [5, 5.41) is 3.69. The minimum absolute atomic E-state index is 0.632. The summed E-state index contributed by atoms with van der Waals surface area (Å²) in [7, 11) is 2.16. The molecule has 112 valence electrons. The molecule has 3 unspecified atom stereocenters. The Morgan fingerprint density at radius 3 is 2.30 bits per heavy atom. The second-order valence-electron chi connectivity index (χ2n) is 6.53. The van der Waals surface area contributed by atoms with Crippen LogP contribution in [0.2, 0.25) is 0 Å². The van der Waals surface area contributed by atoms with Gasteiger partial charge in [0.1, 0.15) is 0 Å². The molecular formula is C19H31N. The average Bonchev–Trinajstić information content (AvgIpc) is 2.53. The average molecular weight is 273 g/mol. The van der Waals surface area contributed by atoms with E-state index in [1.807, 2.05) is 0 Å². The molecule has 1 fully saturated rings. The third-order valence-corrected chi connectivity index (χ3v) is 5.32. The maximum Gasteiger partial charge on any atom is 0.0164 e. The highest BCUT2D eigenvalue weighted by Crippen LogP contribution is 2.38. The highest BCUT2D eigenvalue weighted by atomic mass is 14.9. The van der Waals surface area contributed by atoms with Crippen molar-refractivity contribution in [2.75, 3.05) is 7.05 Å². The van der Waals surface area contributed by atoms with E-state index in [1.165, 1.54) is 44.1 Å². The number of likely N-dealkylation sites (N-methyl/N-ethyl adjacent to an activating group) is 1. The van der Waals surface area contributed by atoms with Gasteiger partial charge in [-0.1, -0.05) is 69.9 Å². The summed E-state index contributed by atoms with van der Waals surface area (Å²) in [5.41, 5.74) is 1.52. The summed E-state index contributed by atoms with van der Waals surface area (Å²) >= 11 is 0. The van der Waals surface area contributed by atoms with E-state index in [9.17, 15) is 0 Å².